The van der Waals surface area contributed by atoms with Crippen LogP contribution in [-0.4, -0.2) is 53.8 Å². The van der Waals surface area contributed by atoms with Crippen LogP contribution in [0, 0.1) is 16.7 Å². The van der Waals surface area contributed by atoms with Gasteiger partial charge < -0.3 is 14.6 Å². The molecule has 33 heavy (non-hydrogen) atoms. The molecule has 3 fully saturated rings. The van der Waals surface area contributed by atoms with E-state index in [2.05, 4.69) is 22.4 Å². The summed E-state index contributed by atoms with van der Waals surface area (Å²) in [5, 5.41) is 13.1. The molecule has 1 atom stereocenters. The highest BCUT2D eigenvalue weighted by Crippen LogP contribution is 2.49. The molecular formula is C26H32N4O3. The Bertz CT molecular complexity index is 1060. The highest BCUT2D eigenvalue weighted by molar-refractivity contribution is 5.86. The molecule has 1 aromatic carbocycles. The number of amides is 2. The van der Waals surface area contributed by atoms with Gasteiger partial charge in [-0.2, -0.15) is 5.26 Å². The lowest BCUT2D eigenvalue weighted by Gasteiger charge is -2.34. The molecule has 1 N–H and O–H groups in total. The van der Waals surface area contributed by atoms with Crippen LogP contribution in [0.15, 0.2) is 34.9 Å². The summed E-state index contributed by atoms with van der Waals surface area (Å²) in [6.45, 7) is 2.86. The molecule has 2 saturated carbocycles. The van der Waals surface area contributed by atoms with Crippen molar-refractivity contribution in [1.29, 1.82) is 5.26 Å². The van der Waals surface area contributed by atoms with E-state index in [1.165, 1.54) is 6.42 Å². The molecule has 1 spiro atoms. The number of carbonyl (C=O) groups is 2. The Kier molecular flexibility index (Phi) is 6.11. The lowest BCUT2D eigenvalue weighted by Crippen LogP contribution is -2.48. The van der Waals surface area contributed by atoms with Gasteiger partial charge in [-0.05, 0) is 62.3 Å². The summed E-state index contributed by atoms with van der Waals surface area (Å²) in [6.07, 6.45) is 8.57. The Morgan fingerprint density at radius 2 is 2.06 bits per heavy atom. The van der Waals surface area contributed by atoms with E-state index in [9.17, 15) is 9.59 Å². The van der Waals surface area contributed by atoms with Crippen molar-refractivity contribution in [3.63, 3.8) is 0 Å². The summed E-state index contributed by atoms with van der Waals surface area (Å²) in [4.78, 5) is 30.7. The van der Waals surface area contributed by atoms with Gasteiger partial charge in [0.05, 0.1) is 12.3 Å². The molecule has 1 saturated heterocycles. The van der Waals surface area contributed by atoms with Gasteiger partial charge in [-0.1, -0.05) is 6.07 Å². The number of hydrogen-bond donors (Lipinski definition) is 1. The summed E-state index contributed by atoms with van der Waals surface area (Å²) in [6, 6.07) is 9.98. The van der Waals surface area contributed by atoms with Gasteiger partial charge >= 0.3 is 0 Å². The molecule has 2 aliphatic carbocycles. The number of nitrogens with zero attached hydrogens (tertiary/aromatic N) is 3. The highest BCUT2D eigenvalue weighted by Gasteiger charge is 2.49. The van der Waals surface area contributed by atoms with Crippen LogP contribution in [0.4, 0.5) is 0 Å². The molecule has 5 rings (SSSR count). The Hall–Kier alpha value is -2.85. The Balaban J connectivity index is 1.39. The summed E-state index contributed by atoms with van der Waals surface area (Å²) >= 11 is 0. The summed E-state index contributed by atoms with van der Waals surface area (Å²) in [7, 11) is 0. The third kappa shape index (κ3) is 4.77. The molecule has 2 amide bonds. The van der Waals surface area contributed by atoms with E-state index in [0.717, 1.165) is 55.3 Å². The molecule has 174 valence electrons. The van der Waals surface area contributed by atoms with Gasteiger partial charge in [0.15, 0.2) is 0 Å². The Morgan fingerprint density at radius 3 is 2.79 bits per heavy atom. The molecule has 3 aliphatic rings. The third-order valence-electron chi connectivity index (χ3n) is 7.57. The maximum absolute atomic E-state index is 13.6. The van der Waals surface area contributed by atoms with E-state index >= 15 is 0 Å². The molecule has 1 unspecified atom stereocenters. The molecule has 1 aliphatic heterocycles. The number of benzene rings is 1. The second-order valence-corrected chi connectivity index (χ2v) is 10.1. The molecule has 0 bridgehead atoms. The van der Waals surface area contributed by atoms with E-state index in [1.54, 1.807) is 6.26 Å². The average molecular weight is 449 g/mol. The van der Waals surface area contributed by atoms with E-state index in [1.807, 2.05) is 23.1 Å². The molecule has 7 heteroatoms. The average Bonchev–Trinajstić information content (AvgIpc) is 3.42. The van der Waals surface area contributed by atoms with E-state index < -0.39 is 0 Å². The van der Waals surface area contributed by atoms with Crippen LogP contribution in [0.3, 0.4) is 0 Å². The fourth-order valence-corrected chi connectivity index (χ4v) is 5.21. The molecule has 1 aromatic heterocycles. The van der Waals surface area contributed by atoms with Gasteiger partial charge in [0.2, 0.25) is 11.8 Å². The molecule has 7 nitrogen and oxygen atoms in total. The lowest BCUT2D eigenvalue weighted by atomic mass is 9.92. The second kappa shape index (κ2) is 9.18. The largest absolute Gasteiger partial charge is 0.464 e. The number of furan rings is 1. The van der Waals surface area contributed by atoms with Gasteiger partial charge in [0, 0.05) is 55.9 Å². The van der Waals surface area contributed by atoms with Crippen LogP contribution in [0.25, 0.3) is 11.0 Å². The van der Waals surface area contributed by atoms with Gasteiger partial charge in [-0.3, -0.25) is 14.5 Å². The number of carbonyl (C=O) groups excluding carboxylic acids is 2. The van der Waals surface area contributed by atoms with Crippen molar-refractivity contribution in [3.8, 4) is 6.07 Å². The van der Waals surface area contributed by atoms with Crippen LogP contribution in [0.5, 0.6) is 0 Å². The second-order valence-electron chi connectivity index (χ2n) is 10.1. The van der Waals surface area contributed by atoms with E-state index in [4.69, 9.17) is 9.68 Å². The number of nitrogens with one attached hydrogen (secondary N) is 1. The summed E-state index contributed by atoms with van der Waals surface area (Å²) in [5.74, 6) is 0.195. The standard InChI is InChI=1S/C26H32N4O3/c27-12-2-1-6-23(31)29-13-14-30(18-26(17-29)10-11-26)24(25(32)28-21-4-3-5-21)20-7-8-22-19(16-20)9-15-33-22/h7-9,15-16,21,24H,1-6,10-11,13-14,17-18H2,(H,28,32). The maximum atomic E-state index is 13.6. The monoisotopic (exact) mass is 448 g/mol. The zero-order chi connectivity index (χ0) is 22.8. The SMILES string of the molecule is N#CCCCC(=O)N1CCN(C(C(=O)NC2CCC2)c2ccc3occc3c2)CC2(CC2)C1. The minimum absolute atomic E-state index is 0.0622. The number of rotatable bonds is 7. The quantitative estimate of drug-likeness (QED) is 0.652. The Morgan fingerprint density at radius 1 is 1.21 bits per heavy atom. The third-order valence-corrected chi connectivity index (χ3v) is 7.57. The van der Waals surface area contributed by atoms with Crippen molar-refractivity contribution >= 4 is 22.8 Å². The van der Waals surface area contributed by atoms with Crippen molar-refractivity contribution in [2.45, 2.75) is 63.5 Å². The van der Waals surface area contributed by atoms with Crippen molar-refractivity contribution < 1.29 is 14.0 Å². The van der Waals surface area contributed by atoms with Crippen LogP contribution in [0.2, 0.25) is 0 Å². The van der Waals surface area contributed by atoms with Gasteiger partial charge in [0.1, 0.15) is 11.6 Å². The fraction of sp³-hybridized carbons (Fsp3) is 0.577. The first-order valence-corrected chi connectivity index (χ1v) is 12.2. The number of fused-ring (bicyclic) bond motifs is 1. The van der Waals surface area contributed by atoms with Crippen molar-refractivity contribution in [1.82, 2.24) is 15.1 Å². The topological polar surface area (TPSA) is 89.6 Å². The maximum Gasteiger partial charge on any atom is 0.242 e. The first kappa shape index (κ1) is 22.0. The number of unbranched alkanes of at least 4 members (excludes halogenated alkanes) is 1. The minimum Gasteiger partial charge on any atom is -0.464 e. The number of hydrogen-bond acceptors (Lipinski definition) is 5. The first-order chi connectivity index (χ1) is 16.1. The minimum atomic E-state index is -0.379. The zero-order valence-electron chi connectivity index (χ0n) is 19.1. The molecule has 2 heterocycles. The van der Waals surface area contributed by atoms with Crippen LogP contribution in [-0.2, 0) is 9.59 Å². The molecule has 0 radical (unpaired) electrons. The van der Waals surface area contributed by atoms with Crippen LogP contribution in [0.1, 0.15) is 63.0 Å². The first-order valence-electron chi connectivity index (χ1n) is 12.2. The Labute approximate surface area is 194 Å². The fourth-order valence-electron chi connectivity index (χ4n) is 5.21. The predicted molar refractivity (Wildman–Crippen MR) is 124 cm³/mol. The predicted octanol–water partition coefficient (Wildman–Crippen LogP) is 3.76. The van der Waals surface area contributed by atoms with Crippen LogP contribution >= 0.6 is 0 Å². The summed E-state index contributed by atoms with van der Waals surface area (Å²) in [5.41, 5.74) is 1.88. The van der Waals surface area contributed by atoms with Gasteiger partial charge in [-0.15, -0.1) is 0 Å². The van der Waals surface area contributed by atoms with E-state index in [0.29, 0.717) is 32.4 Å². The van der Waals surface area contributed by atoms with Gasteiger partial charge in [-0.25, -0.2) is 0 Å². The van der Waals surface area contributed by atoms with Crippen molar-refractivity contribution in [2.75, 3.05) is 26.2 Å². The normalized spacial score (nSPS) is 21.2. The zero-order valence-corrected chi connectivity index (χ0v) is 19.1. The highest BCUT2D eigenvalue weighted by atomic mass is 16.3. The molecular weight excluding hydrogens is 416 g/mol. The number of nitriles is 1. The van der Waals surface area contributed by atoms with Gasteiger partial charge in [0.25, 0.3) is 0 Å². The lowest BCUT2D eigenvalue weighted by molar-refractivity contribution is -0.131. The smallest absolute Gasteiger partial charge is 0.242 e. The van der Waals surface area contributed by atoms with Crippen molar-refractivity contribution in [2.24, 2.45) is 5.41 Å². The summed E-state index contributed by atoms with van der Waals surface area (Å²) < 4.78 is 5.52. The van der Waals surface area contributed by atoms with E-state index in [-0.39, 0.29) is 29.3 Å². The van der Waals surface area contributed by atoms with Crippen molar-refractivity contribution in [3.05, 3.63) is 36.1 Å². The molecule has 2 aromatic rings. The van der Waals surface area contributed by atoms with Crippen LogP contribution < -0.4 is 5.32 Å².